The Morgan fingerprint density at radius 1 is 0.971 bits per heavy atom. The van der Waals surface area contributed by atoms with E-state index < -0.39 is 0 Å². The number of hydrogen-bond acceptors (Lipinski definition) is 5. The Labute approximate surface area is 203 Å². The van der Waals surface area contributed by atoms with Crippen LogP contribution < -0.4 is 10.2 Å². The van der Waals surface area contributed by atoms with Gasteiger partial charge in [-0.2, -0.15) is 0 Å². The summed E-state index contributed by atoms with van der Waals surface area (Å²) in [5.74, 6) is 0.870. The quantitative estimate of drug-likeness (QED) is 0.575. The Hall–Kier alpha value is -3.26. The van der Waals surface area contributed by atoms with Crippen molar-refractivity contribution in [3.8, 4) is 11.3 Å². The van der Waals surface area contributed by atoms with Crippen molar-refractivity contribution < 1.29 is 18.1 Å². The van der Waals surface area contributed by atoms with Crippen molar-refractivity contribution in [2.75, 3.05) is 44.2 Å². The van der Waals surface area contributed by atoms with E-state index >= 15 is 0 Å². The van der Waals surface area contributed by atoms with Crippen molar-refractivity contribution in [1.82, 2.24) is 15.4 Å². The molecule has 0 aliphatic carbocycles. The molecule has 2 saturated heterocycles. The van der Waals surface area contributed by atoms with Crippen molar-refractivity contribution in [1.29, 1.82) is 0 Å². The first kappa shape index (κ1) is 23.5. The maximum Gasteiger partial charge on any atom is 0.222 e. The molecular formula is C27H30F2N4O2. The van der Waals surface area contributed by atoms with E-state index in [-0.39, 0.29) is 23.5 Å². The van der Waals surface area contributed by atoms with Crippen LogP contribution in [0.5, 0.6) is 0 Å². The van der Waals surface area contributed by atoms with E-state index in [1.807, 2.05) is 11.0 Å². The molecule has 6 nitrogen and oxygen atoms in total. The highest BCUT2D eigenvalue weighted by molar-refractivity contribution is 5.77. The van der Waals surface area contributed by atoms with Crippen LogP contribution in [0.25, 0.3) is 11.3 Å². The predicted octanol–water partition coefficient (Wildman–Crippen LogP) is 4.13. The fraction of sp³-hybridized carbons (Fsp3) is 0.407. The highest BCUT2D eigenvalue weighted by Crippen LogP contribution is 2.29. The van der Waals surface area contributed by atoms with Gasteiger partial charge in [0, 0.05) is 49.9 Å². The number of nitrogens with zero attached hydrogens (tertiary/aromatic N) is 3. The number of anilines is 1. The van der Waals surface area contributed by atoms with Crippen LogP contribution in [0, 0.1) is 23.5 Å². The molecule has 0 radical (unpaired) electrons. The Bertz CT molecular complexity index is 1120. The van der Waals surface area contributed by atoms with Crippen LogP contribution in [0.1, 0.15) is 18.5 Å². The van der Waals surface area contributed by atoms with E-state index in [4.69, 9.17) is 4.52 Å². The average molecular weight is 481 g/mol. The van der Waals surface area contributed by atoms with Crippen molar-refractivity contribution in [3.63, 3.8) is 0 Å². The molecule has 2 aliphatic rings. The third-order valence-corrected chi connectivity index (χ3v) is 7.19. The summed E-state index contributed by atoms with van der Waals surface area (Å²) in [6.45, 7) is 4.60. The van der Waals surface area contributed by atoms with Crippen LogP contribution in [0.15, 0.2) is 59.1 Å². The lowest BCUT2D eigenvalue weighted by Gasteiger charge is -2.38. The van der Waals surface area contributed by atoms with E-state index in [1.54, 1.807) is 24.3 Å². The summed E-state index contributed by atoms with van der Waals surface area (Å²) in [4.78, 5) is 17.3. The molecule has 35 heavy (non-hydrogen) atoms. The van der Waals surface area contributed by atoms with Crippen LogP contribution in [-0.4, -0.2) is 55.2 Å². The molecule has 0 saturated carbocycles. The lowest BCUT2D eigenvalue weighted by molar-refractivity contribution is -0.133. The van der Waals surface area contributed by atoms with Gasteiger partial charge in [0.15, 0.2) is 5.76 Å². The van der Waals surface area contributed by atoms with Gasteiger partial charge in [-0.15, -0.1) is 0 Å². The van der Waals surface area contributed by atoms with Gasteiger partial charge < -0.3 is 19.6 Å². The first-order valence-corrected chi connectivity index (χ1v) is 12.3. The number of halogens is 2. The van der Waals surface area contributed by atoms with Gasteiger partial charge in [0.1, 0.15) is 11.6 Å². The fourth-order valence-corrected chi connectivity index (χ4v) is 5.13. The molecule has 0 spiro atoms. The standard InChI is InChI=1S/C27H30F2N4O2/c28-22-3-1-19(2-4-22)26-17-24(31-35-26)15-21-18-30-10-9-20(21)16-27(34)33-13-11-32(12-14-33)25-7-5-23(29)6-8-25/h1-8,17,20-21,30H,9-16,18H2. The SMILES string of the molecule is O=C(CC1CCNCC1Cc1cc(-c2ccc(F)cc2)on1)N1CCN(c2ccc(F)cc2)CC1. The lowest BCUT2D eigenvalue weighted by Crippen LogP contribution is -2.50. The van der Waals surface area contributed by atoms with Crippen LogP contribution >= 0.6 is 0 Å². The predicted molar refractivity (Wildman–Crippen MR) is 130 cm³/mol. The molecule has 3 heterocycles. The minimum atomic E-state index is -0.286. The zero-order valence-electron chi connectivity index (χ0n) is 19.6. The van der Waals surface area contributed by atoms with Gasteiger partial charge in [0.25, 0.3) is 0 Å². The molecule has 3 aromatic rings. The summed E-state index contributed by atoms with van der Waals surface area (Å²) in [6, 6.07) is 14.6. The highest BCUT2D eigenvalue weighted by atomic mass is 19.1. The van der Waals surface area contributed by atoms with Crippen LogP contribution in [0.3, 0.4) is 0 Å². The van der Waals surface area contributed by atoms with E-state index in [1.165, 1.54) is 24.3 Å². The first-order chi connectivity index (χ1) is 17.0. The topological polar surface area (TPSA) is 61.6 Å². The number of benzene rings is 2. The van der Waals surface area contributed by atoms with Gasteiger partial charge in [-0.05, 0) is 86.3 Å². The normalized spacial score (nSPS) is 20.7. The molecule has 2 aromatic carbocycles. The van der Waals surface area contributed by atoms with Crippen LogP contribution in [0.2, 0.25) is 0 Å². The molecule has 1 amide bonds. The molecule has 1 N–H and O–H groups in total. The molecule has 184 valence electrons. The minimum Gasteiger partial charge on any atom is -0.368 e. The third-order valence-electron chi connectivity index (χ3n) is 7.19. The van der Waals surface area contributed by atoms with Gasteiger partial charge in [-0.1, -0.05) is 5.16 Å². The molecule has 2 fully saturated rings. The zero-order valence-corrected chi connectivity index (χ0v) is 19.6. The number of aromatic nitrogens is 1. The molecule has 8 heteroatoms. The van der Waals surface area contributed by atoms with Gasteiger partial charge in [0.2, 0.25) is 5.91 Å². The number of rotatable bonds is 6. The molecule has 1 aromatic heterocycles. The largest absolute Gasteiger partial charge is 0.368 e. The Balaban J connectivity index is 1.16. The Kier molecular flexibility index (Phi) is 7.08. The molecule has 2 atom stereocenters. The molecular weight excluding hydrogens is 450 g/mol. The zero-order chi connectivity index (χ0) is 24.2. The molecule has 2 unspecified atom stereocenters. The summed E-state index contributed by atoms with van der Waals surface area (Å²) in [7, 11) is 0. The van der Waals surface area contributed by atoms with Crippen molar-refractivity contribution >= 4 is 11.6 Å². The molecule has 2 aliphatic heterocycles. The average Bonchev–Trinajstić information content (AvgIpc) is 3.35. The number of carbonyl (C=O) groups excluding carboxylic acids is 1. The number of nitrogens with one attached hydrogen (secondary N) is 1. The molecule has 0 bridgehead atoms. The number of carbonyl (C=O) groups is 1. The summed E-state index contributed by atoms with van der Waals surface area (Å²) in [6.07, 6.45) is 2.22. The van der Waals surface area contributed by atoms with Gasteiger partial charge in [-0.25, -0.2) is 8.78 Å². The summed E-state index contributed by atoms with van der Waals surface area (Å²) < 4.78 is 31.9. The second-order valence-corrected chi connectivity index (χ2v) is 9.45. The minimum absolute atomic E-state index is 0.202. The smallest absolute Gasteiger partial charge is 0.222 e. The lowest BCUT2D eigenvalue weighted by atomic mass is 9.81. The Morgan fingerprint density at radius 3 is 2.37 bits per heavy atom. The van der Waals surface area contributed by atoms with Crippen LogP contribution in [-0.2, 0) is 11.2 Å². The van der Waals surface area contributed by atoms with E-state index in [2.05, 4.69) is 15.4 Å². The number of piperazine rings is 1. The number of hydrogen-bond donors (Lipinski definition) is 1. The van der Waals surface area contributed by atoms with Gasteiger partial charge in [-0.3, -0.25) is 4.79 Å². The van der Waals surface area contributed by atoms with E-state index in [9.17, 15) is 13.6 Å². The summed E-state index contributed by atoms with van der Waals surface area (Å²) in [5, 5.41) is 7.69. The van der Waals surface area contributed by atoms with E-state index in [0.717, 1.165) is 56.0 Å². The monoisotopic (exact) mass is 480 g/mol. The maximum atomic E-state index is 13.2. The molecule has 5 rings (SSSR count). The van der Waals surface area contributed by atoms with Gasteiger partial charge in [0.05, 0.1) is 5.69 Å². The third kappa shape index (κ3) is 5.70. The van der Waals surface area contributed by atoms with E-state index in [0.29, 0.717) is 31.2 Å². The summed E-state index contributed by atoms with van der Waals surface area (Å²) >= 11 is 0. The number of amides is 1. The van der Waals surface area contributed by atoms with Crippen molar-refractivity contribution in [2.45, 2.75) is 19.3 Å². The number of piperidine rings is 1. The maximum absolute atomic E-state index is 13.2. The second kappa shape index (κ2) is 10.6. The second-order valence-electron chi connectivity index (χ2n) is 9.45. The fourth-order valence-electron chi connectivity index (χ4n) is 5.13. The first-order valence-electron chi connectivity index (χ1n) is 12.3. The van der Waals surface area contributed by atoms with Crippen molar-refractivity contribution in [3.05, 3.63) is 71.9 Å². The Morgan fingerprint density at radius 2 is 1.66 bits per heavy atom. The highest BCUT2D eigenvalue weighted by Gasteiger charge is 2.31. The summed E-state index contributed by atoms with van der Waals surface area (Å²) in [5.41, 5.74) is 2.63. The van der Waals surface area contributed by atoms with Crippen molar-refractivity contribution in [2.24, 2.45) is 11.8 Å². The van der Waals surface area contributed by atoms with Gasteiger partial charge >= 0.3 is 0 Å². The van der Waals surface area contributed by atoms with Crippen LogP contribution in [0.4, 0.5) is 14.5 Å².